The normalized spacial score (nSPS) is 26.5. The molecule has 0 amide bonds. The van der Waals surface area contributed by atoms with E-state index in [2.05, 4.69) is 58.9 Å². The van der Waals surface area contributed by atoms with Gasteiger partial charge in [-0.3, -0.25) is 4.90 Å². The first-order valence-electron chi connectivity index (χ1n) is 7.84. The van der Waals surface area contributed by atoms with Gasteiger partial charge in [-0.2, -0.15) is 0 Å². The average Bonchev–Trinajstić information content (AvgIpc) is 2.49. The number of halogens is 1. The van der Waals surface area contributed by atoms with E-state index in [-0.39, 0.29) is 12.1 Å². The Labute approximate surface area is 137 Å². The van der Waals surface area contributed by atoms with Crippen LogP contribution in [-0.4, -0.2) is 37.2 Å². The van der Waals surface area contributed by atoms with E-state index in [0.717, 1.165) is 24.0 Å². The SMILES string of the molecule is CCC(N)C(c1cccc(Br)c1)N1CCC(C)C(OC)C1. The van der Waals surface area contributed by atoms with Crippen LogP contribution in [0.3, 0.4) is 0 Å². The number of piperidine rings is 1. The van der Waals surface area contributed by atoms with Crippen molar-refractivity contribution in [3.8, 4) is 0 Å². The maximum absolute atomic E-state index is 6.45. The molecule has 1 aliphatic rings. The van der Waals surface area contributed by atoms with Gasteiger partial charge in [0.25, 0.3) is 0 Å². The first-order chi connectivity index (χ1) is 10.1. The third-order valence-corrected chi connectivity index (χ3v) is 5.18. The van der Waals surface area contributed by atoms with E-state index in [9.17, 15) is 0 Å². The van der Waals surface area contributed by atoms with E-state index in [0.29, 0.717) is 12.0 Å². The predicted molar refractivity (Wildman–Crippen MR) is 91.3 cm³/mol. The van der Waals surface area contributed by atoms with E-state index in [1.54, 1.807) is 0 Å². The molecule has 2 N–H and O–H groups in total. The Kier molecular flexibility index (Phi) is 6.23. The maximum Gasteiger partial charge on any atom is 0.0724 e. The topological polar surface area (TPSA) is 38.5 Å². The molecule has 0 radical (unpaired) electrons. The summed E-state index contributed by atoms with van der Waals surface area (Å²) in [5.41, 5.74) is 7.75. The quantitative estimate of drug-likeness (QED) is 0.877. The number of hydrogen-bond acceptors (Lipinski definition) is 3. The molecule has 1 aromatic carbocycles. The molecule has 4 heteroatoms. The summed E-state index contributed by atoms with van der Waals surface area (Å²) >= 11 is 3.58. The van der Waals surface area contributed by atoms with E-state index in [4.69, 9.17) is 10.5 Å². The lowest BCUT2D eigenvalue weighted by Gasteiger charge is -2.42. The Morgan fingerprint density at radius 1 is 1.48 bits per heavy atom. The molecule has 0 aromatic heterocycles. The summed E-state index contributed by atoms with van der Waals surface area (Å²) < 4.78 is 6.78. The van der Waals surface area contributed by atoms with Gasteiger partial charge in [-0.25, -0.2) is 0 Å². The Hall–Kier alpha value is -0.420. The molecule has 21 heavy (non-hydrogen) atoms. The van der Waals surface area contributed by atoms with Gasteiger partial charge >= 0.3 is 0 Å². The van der Waals surface area contributed by atoms with Crippen molar-refractivity contribution in [2.24, 2.45) is 11.7 Å². The lowest BCUT2D eigenvalue weighted by atomic mass is 9.90. The number of benzene rings is 1. The van der Waals surface area contributed by atoms with Gasteiger partial charge in [-0.1, -0.05) is 41.9 Å². The molecule has 1 aliphatic heterocycles. The van der Waals surface area contributed by atoms with Crippen molar-refractivity contribution < 1.29 is 4.74 Å². The fourth-order valence-corrected chi connectivity index (χ4v) is 3.68. The van der Waals surface area contributed by atoms with Crippen LogP contribution in [0.15, 0.2) is 28.7 Å². The summed E-state index contributed by atoms with van der Waals surface area (Å²) in [6, 6.07) is 8.94. The van der Waals surface area contributed by atoms with Crippen molar-refractivity contribution in [3.63, 3.8) is 0 Å². The molecule has 3 nitrogen and oxygen atoms in total. The van der Waals surface area contributed by atoms with Crippen molar-refractivity contribution in [2.75, 3.05) is 20.2 Å². The van der Waals surface area contributed by atoms with Crippen molar-refractivity contribution >= 4 is 15.9 Å². The Morgan fingerprint density at radius 3 is 2.86 bits per heavy atom. The number of methoxy groups -OCH3 is 1. The molecule has 4 unspecified atom stereocenters. The third kappa shape index (κ3) is 4.07. The fraction of sp³-hybridized carbons (Fsp3) is 0.647. The third-order valence-electron chi connectivity index (χ3n) is 4.68. The highest BCUT2D eigenvalue weighted by Gasteiger charge is 2.33. The standard InChI is InChI=1S/C17H27BrN2O/c1-4-15(19)17(13-6-5-7-14(18)10-13)20-9-8-12(2)16(11-20)21-3/h5-7,10,12,15-17H,4,8-9,11,19H2,1-3H3. The monoisotopic (exact) mass is 354 g/mol. The minimum Gasteiger partial charge on any atom is -0.380 e. The van der Waals surface area contributed by atoms with Gasteiger partial charge in [0, 0.05) is 24.2 Å². The van der Waals surface area contributed by atoms with Gasteiger partial charge in [0.15, 0.2) is 0 Å². The molecule has 0 aliphatic carbocycles. The summed E-state index contributed by atoms with van der Waals surface area (Å²) in [6.45, 7) is 6.49. The zero-order valence-corrected chi connectivity index (χ0v) is 14.8. The first kappa shape index (κ1) is 16.9. The van der Waals surface area contributed by atoms with Gasteiger partial charge in [0.05, 0.1) is 12.1 Å². The molecule has 2 rings (SSSR count). The van der Waals surface area contributed by atoms with Crippen LogP contribution in [0.2, 0.25) is 0 Å². The minimum atomic E-state index is 0.144. The highest BCUT2D eigenvalue weighted by atomic mass is 79.9. The molecular formula is C17H27BrN2O. The molecule has 0 spiro atoms. The predicted octanol–water partition coefficient (Wildman–Crippen LogP) is 3.58. The Balaban J connectivity index is 2.24. The van der Waals surface area contributed by atoms with Crippen molar-refractivity contribution in [2.45, 2.75) is 44.9 Å². The van der Waals surface area contributed by atoms with Crippen LogP contribution in [0.1, 0.15) is 38.3 Å². The molecule has 118 valence electrons. The van der Waals surface area contributed by atoms with Gasteiger partial charge < -0.3 is 10.5 Å². The van der Waals surface area contributed by atoms with Crippen LogP contribution in [0, 0.1) is 5.92 Å². The van der Waals surface area contributed by atoms with E-state index >= 15 is 0 Å². The zero-order valence-electron chi connectivity index (χ0n) is 13.3. The highest BCUT2D eigenvalue weighted by Crippen LogP contribution is 2.31. The lowest BCUT2D eigenvalue weighted by molar-refractivity contribution is -0.0234. The van der Waals surface area contributed by atoms with Gasteiger partial charge in [-0.05, 0) is 43.0 Å². The summed E-state index contributed by atoms with van der Waals surface area (Å²) in [5.74, 6) is 0.618. The maximum atomic E-state index is 6.45. The van der Waals surface area contributed by atoms with E-state index < -0.39 is 0 Å². The van der Waals surface area contributed by atoms with Gasteiger partial charge in [0.2, 0.25) is 0 Å². The first-order valence-corrected chi connectivity index (χ1v) is 8.64. The number of nitrogens with zero attached hydrogens (tertiary/aromatic N) is 1. The lowest BCUT2D eigenvalue weighted by Crippen LogP contribution is -2.49. The molecule has 1 aromatic rings. The number of likely N-dealkylation sites (tertiary alicyclic amines) is 1. The second-order valence-corrected chi connectivity index (χ2v) is 7.02. The Morgan fingerprint density at radius 2 is 2.24 bits per heavy atom. The molecule has 1 heterocycles. The van der Waals surface area contributed by atoms with Crippen LogP contribution in [0.5, 0.6) is 0 Å². The number of nitrogens with two attached hydrogens (primary N) is 1. The molecular weight excluding hydrogens is 328 g/mol. The summed E-state index contributed by atoms with van der Waals surface area (Å²) in [4.78, 5) is 2.50. The van der Waals surface area contributed by atoms with Crippen LogP contribution in [0.4, 0.5) is 0 Å². The van der Waals surface area contributed by atoms with Crippen LogP contribution in [-0.2, 0) is 4.74 Å². The van der Waals surface area contributed by atoms with E-state index in [1.165, 1.54) is 12.0 Å². The van der Waals surface area contributed by atoms with E-state index in [1.807, 2.05) is 7.11 Å². The number of rotatable bonds is 5. The fourth-order valence-electron chi connectivity index (χ4n) is 3.26. The van der Waals surface area contributed by atoms with Gasteiger partial charge in [-0.15, -0.1) is 0 Å². The summed E-state index contributed by atoms with van der Waals surface area (Å²) in [7, 11) is 1.82. The minimum absolute atomic E-state index is 0.144. The summed E-state index contributed by atoms with van der Waals surface area (Å²) in [6.07, 6.45) is 2.44. The average molecular weight is 355 g/mol. The summed E-state index contributed by atoms with van der Waals surface area (Å²) in [5, 5.41) is 0. The Bertz CT molecular complexity index is 454. The second-order valence-electron chi connectivity index (χ2n) is 6.11. The molecule has 0 saturated carbocycles. The van der Waals surface area contributed by atoms with Crippen LogP contribution in [0.25, 0.3) is 0 Å². The molecule has 4 atom stereocenters. The van der Waals surface area contributed by atoms with Crippen molar-refractivity contribution in [1.29, 1.82) is 0 Å². The van der Waals surface area contributed by atoms with Crippen LogP contribution >= 0.6 is 15.9 Å². The smallest absolute Gasteiger partial charge is 0.0724 e. The molecule has 1 saturated heterocycles. The van der Waals surface area contributed by atoms with Gasteiger partial charge in [0.1, 0.15) is 0 Å². The van der Waals surface area contributed by atoms with Crippen molar-refractivity contribution in [1.82, 2.24) is 4.90 Å². The second kappa shape index (κ2) is 7.73. The molecule has 0 bridgehead atoms. The number of hydrogen-bond donors (Lipinski definition) is 1. The largest absolute Gasteiger partial charge is 0.380 e. The molecule has 1 fully saturated rings. The van der Waals surface area contributed by atoms with Crippen LogP contribution < -0.4 is 5.73 Å². The zero-order chi connectivity index (χ0) is 15.4. The number of ether oxygens (including phenoxy) is 1. The highest BCUT2D eigenvalue weighted by molar-refractivity contribution is 9.10. The van der Waals surface area contributed by atoms with Crippen molar-refractivity contribution in [3.05, 3.63) is 34.3 Å².